The van der Waals surface area contributed by atoms with Crippen molar-refractivity contribution in [1.29, 1.82) is 0 Å². The zero-order valence-electron chi connectivity index (χ0n) is 10.9. The van der Waals surface area contributed by atoms with E-state index in [4.69, 9.17) is 22.5 Å². The number of carbonyl (C=O) groups is 1. The molecule has 0 radical (unpaired) electrons. The zero-order valence-corrected chi connectivity index (χ0v) is 11.6. The smallest absolute Gasteiger partial charge is 0.238 e. The molecule has 1 fully saturated rings. The summed E-state index contributed by atoms with van der Waals surface area (Å²) in [6.07, 6.45) is 0.987. The second kappa shape index (κ2) is 5.28. The molecule has 2 rings (SSSR count). The van der Waals surface area contributed by atoms with Crippen LogP contribution in [0.25, 0.3) is 0 Å². The molecule has 0 heterocycles. The Morgan fingerprint density at radius 1 is 1.60 bits per heavy atom. The van der Waals surface area contributed by atoms with Crippen LogP contribution in [0.4, 0.5) is 10.1 Å². The lowest BCUT2D eigenvalue weighted by Crippen LogP contribution is -2.54. The van der Waals surface area contributed by atoms with Crippen LogP contribution in [0.3, 0.4) is 0 Å². The number of oxime groups is 1. The molecule has 1 aliphatic carbocycles. The van der Waals surface area contributed by atoms with E-state index in [1.165, 1.54) is 12.1 Å². The number of nitrogens with zero attached hydrogens (tertiary/aromatic N) is 1. The quantitative estimate of drug-likeness (QED) is 0.347. The second-order valence-corrected chi connectivity index (χ2v) is 5.57. The van der Waals surface area contributed by atoms with Crippen LogP contribution in [0.15, 0.2) is 23.4 Å². The summed E-state index contributed by atoms with van der Waals surface area (Å²) < 4.78 is 13.0. The van der Waals surface area contributed by atoms with Gasteiger partial charge in [0.25, 0.3) is 0 Å². The Balaban J connectivity index is 2.22. The number of rotatable bonds is 3. The van der Waals surface area contributed by atoms with Crippen molar-refractivity contribution in [2.45, 2.75) is 19.8 Å². The second-order valence-electron chi connectivity index (χ2n) is 5.16. The van der Waals surface area contributed by atoms with Gasteiger partial charge in [0.05, 0.1) is 10.7 Å². The van der Waals surface area contributed by atoms with E-state index in [0.29, 0.717) is 24.4 Å². The number of hydrogen-bond donors (Lipinski definition) is 3. The van der Waals surface area contributed by atoms with Crippen molar-refractivity contribution in [2.24, 2.45) is 22.2 Å². The molecule has 0 unspecified atom stereocenters. The van der Waals surface area contributed by atoms with E-state index in [1.54, 1.807) is 0 Å². The molecule has 0 atom stereocenters. The zero-order chi connectivity index (χ0) is 14.9. The highest BCUT2D eigenvalue weighted by Crippen LogP contribution is 2.46. The fourth-order valence-electron chi connectivity index (χ4n) is 2.57. The Morgan fingerprint density at radius 2 is 2.25 bits per heavy atom. The fourth-order valence-corrected chi connectivity index (χ4v) is 2.78. The number of amides is 1. The van der Waals surface area contributed by atoms with Crippen molar-refractivity contribution in [3.8, 4) is 0 Å². The summed E-state index contributed by atoms with van der Waals surface area (Å²) in [5.41, 5.74) is 4.91. The first-order chi connectivity index (χ1) is 9.39. The van der Waals surface area contributed by atoms with Gasteiger partial charge in [0.1, 0.15) is 11.2 Å². The lowest BCUT2D eigenvalue weighted by atomic mass is 9.61. The van der Waals surface area contributed by atoms with Crippen molar-refractivity contribution in [1.82, 2.24) is 0 Å². The molecule has 0 aliphatic heterocycles. The molecule has 1 aromatic rings. The molecule has 1 aromatic carbocycles. The minimum absolute atomic E-state index is 0.0976. The van der Waals surface area contributed by atoms with Gasteiger partial charge in [-0.1, -0.05) is 23.7 Å². The molecule has 5 nitrogen and oxygen atoms in total. The van der Waals surface area contributed by atoms with Crippen molar-refractivity contribution in [2.75, 3.05) is 5.32 Å². The van der Waals surface area contributed by atoms with Gasteiger partial charge < -0.3 is 16.3 Å². The molecule has 1 saturated carbocycles. The first-order valence-corrected chi connectivity index (χ1v) is 6.51. The van der Waals surface area contributed by atoms with Gasteiger partial charge in [-0.3, -0.25) is 4.79 Å². The number of benzene rings is 1. The summed E-state index contributed by atoms with van der Waals surface area (Å²) in [5, 5.41) is 14.5. The molecule has 4 N–H and O–H groups in total. The van der Waals surface area contributed by atoms with E-state index in [2.05, 4.69) is 10.5 Å². The normalized spacial score (nSPS) is 25.9. The standard InChI is InChI=1S/C13H15ClFN3O2/c1-7-5-13(6-7,11(16)18-20)12(19)17-10-3-2-8(15)4-9(10)14/h2-4,7,20H,5-6H2,1H3,(H2,16,18)(H,17,19). The van der Waals surface area contributed by atoms with Crippen LogP contribution < -0.4 is 11.1 Å². The first-order valence-electron chi connectivity index (χ1n) is 6.13. The Kier molecular flexibility index (Phi) is 3.85. The van der Waals surface area contributed by atoms with E-state index in [0.717, 1.165) is 6.07 Å². The minimum atomic E-state index is -1.02. The average Bonchev–Trinajstić information content (AvgIpc) is 2.37. The van der Waals surface area contributed by atoms with Gasteiger partial charge in [0.15, 0.2) is 5.84 Å². The van der Waals surface area contributed by atoms with E-state index in [1.807, 2.05) is 6.92 Å². The number of amidine groups is 1. The molecule has 7 heteroatoms. The van der Waals surface area contributed by atoms with Crippen LogP contribution in [0.5, 0.6) is 0 Å². The van der Waals surface area contributed by atoms with Gasteiger partial charge in [0, 0.05) is 0 Å². The SMILES string of the molecule is CC1CC(C(=O)Nc2ccc(F)cc2Cl)(/C(N)=N/O)C1. The Labute approximate surface area is 120 Å². The van der Waals surface area contributed by atoms with Crippen molar-refractivity contribution in [3.05, 3.63) is 29.0 Å². The third-order valence-corrected chi connectivity index (χ3v) is 3.92. The third-order valence-electron chi connectivity index (χ3n) is 3.61. The molecule has 0 bridgehead atoms. The Bertz CT molecular complexity index is 571. The summed E-state index contributed by atoms with van der Waals surface area (Å²) in [7, 11) is 0. The number of nitrogens with one attached hydrogen (secondary N) is 1. The number of halogens is 2. The Hall–Kier alpha value is -1.82. The summed E-state index contributed by atoms with van der Waals surface area (Å²) in [5.74, 6) is -0.702. The van der Waals surface area contributed by atoms with Crippen LogP contribution in [-0.2, 0) is 4.79 Å². The molecule has 0 spiro atoms. The minimum Gasteiger partial charge on any atom is -0.409 e. The van der Waals surface area contributed by atoms with Gasteiger partial charge >= 0.3 is 0 Å². The van der Waals surface area contributed by atoms with Gasteiger partial charge in [-0.25, -0.2) is 4.39 Å². The van der Waals surface area contributed by atoms with E-state index >= 15 is 0 Å². The average molecular weight is 300 g/mol. The predicted molar refractivity (Wildman–Crippen MR) is 74.3 cm³/mol. The number of hydrogen-bond acceptors (Lipinski definition) is 3. The molecule has 0 saturated heterocycles. The maximum atomic E-state index is 13.0. The van der Waals surface area contributed by atoms with Crippen molar-refractivity contribution < 1.29 is 14.4 Å². The number of carbonyl (C=O) groups excluding carboxylic acids is 1. The largest absolute Gasteiger partial charge is 0.409 e. The predicted octanol–water partition coefficient (Wildman–Crippen LogP) is 2.58. The highest BCUT2D eigenvalue weighted by Gasteiger charge is 2.52. The van der Waals surface area contributed by atoms with Gasteiger partial charge in [-0.15, -0.1) is 0 Å². The lowest BCUT2D eigenvalue weighted by Gasteiger charge is -2.43. The molecule has 1 aliphatic rings. The highest BCUT2D eigenvalue weighted by atomic mass is 35.5. The van der Waals surface area contributed by atoms with Crippen LogP contribution in [0.2, 0.25) is 5.02 Å². The molecular formula is C13H15ClFN3O2. The maximum absolute atomic E-state index is 13.0. The third kappa shape index (κ3) is 2.43. The molecule has 108 valence electrons. The Morgan fingerprint density at radius 3 is 2.75 bits per heavy atom. The van der Waals surface area contributed by atoms with Crippen molar-refractivity contribution in [3.63, 3.8) is 0 Å². The van der Waals surface area contributed by atoms with Gasteiger partial charge in [-0.05, 0) is 37.0 Å². The molecule has 0 aromatic heterocycles. The lowest BCUT2D eigenvalue weighted by molar-refractivity contribution is -0.127. The van der Waals surface area contributed by atoms with Crippen LogP contribution in [-0.4, -0.2) is 17.0 Å². The summed E-state index contributed by atoms with van der Waals surface area (Å²) in [4.78, 5) is 12.4. The monoisotopic (exact) mass is 299 g/mol. The van der Waals surface area contributed by atoms with Crippen LogP contribution in [0.1, 0.15) is 19.8 Å². The summed E-state index contributed by atoms with van der Waals surface area (Å²) >= 11 is 5.86. The van der Waals surface area contributed by atoms with Gasteiger partial charge in [-0.2, -0.15) is 0 Å². The number of nitrogens with two attached hydrogens (primary N) is 1. The summed E-state index contributed by atoms with van der Waals surface area (Å²) in [6, 6.07) is 3.68. The van der Waals surface area contributed by atoms with Gasteiger partial charge in [0.2, 0.25) is 5.91 Å². The highest BCUT2D eigenvalue weighted by molar-refractivity contribution is 6.34. The number of anilines is 1. The van der Waals surface area contributed by atoms with E-state index in [-0.39, 0.29) is 10.9 Å². The first kappa shape index (κ1) is 14.6. The summed E-state index contributed by atoms with van der Waals surface area (Å²) in [6.45, 7) is 1.97. The van der Waals surface area contributed by atoms with Crippen LogP contribution in [0, 0.1) is 17.2 Å². The molecular weight excluding hydrogens is 285 g/mol. The van der Waals surface area contributed by atoms with Crippen LogP contribution >= 0.6 is 11.6 Å². The van der Waals surface area contributed by atoms with E-state index < -0.39 is 17.1 Å². The topological polar surface area (TPSA) is 87.7 Å². The fraction of sp³-hybridized carbons (Fsp3) is 0.385. The van der Waals surface area contributed by atoms with E-state index in [9.17, 15) is 9.18 Å². The molecule has 1 amide bonds. The van der Waals surface area contributed by atoms with Crippen molar-refractivity contribution >= 4 is 29.0 Å². The maximum Gasteiger partial charge on any atom is 0.238 e. The molecule has 20 heavy (non-hydrogen) atoms.